The number of rotatable bonds is 13. The van der Waals surface area contributed by atoms with Gasteiger partial charge in [0.2, 0.25) is 0 Å². The first kappa shape index (κ1) is 22.9. The lowest BCUT2D eigenvalue weighted by molar-refractivity contribution is 0.611. The fraction of sp³-hybridized carbons (Fsp3) is 0.667. The maximum Gasteiger partial charge on any atom is 0.188 e. The second kappa shape index (κ2) is 16.8. The Labute approximate surface area is 164 Å². The van der Waals surface area contributed by atoms with Gasteiger partial charge >= 0.3 is 0 Å². The van der Waals surface area contributed by atoms with E-state index in [9.17, 15) is 0 Å². The van der Waals surface area contributed by atoms with Crippen LogP contribution in [0.2, 0.25) is 0 Å². The highest BCUT2D eigenvalue weighted by Crippen LogP contribution is 2.04. The molecule has 0 saturated heterocycles. The first-order valence-corrected chi connectivity index (χ1v) is 9.01. The third-order valence-electron chi connectivity index (χ3n) is 3.67. The van der Waals surface area contributed by atoms with E-state index in [0.717, 1.165) is 44.7 Å². The van der Waals surface area contributed by atoms with Crippen molar-refractivity contribution in [3.63, 3.8) is 0 Å². The van der Waals surface area contributed by atoms with Gasteiger partial charge in [0, 0.05) is 25.8 Å². The quantitative estimate of drug-likeness (QED) is 0.184. The molecule has 0 aromatic carbocycles. The van der Waals surface area contributed by atoms with Gasteiger partial charge in [0.05, 0.1) is 0 Å². The smallest absolute Gasteiger partial charge is 0.188 e. The molecule has 0 atom stereocenters. The number of anilines is 1. The summed E-state index contributed by atoms with van der Waals surface area (Å²) in [5.74, 6) is 1.51. The van der Waals surface area contributed by atoms with Gasteiger partial charge in [-0.2, -0.15) is 0 Å². The first-order valence-electron chi connectivity index (χ1n) is 9.01. The third-order valence-corrected chi connectivity index (χ3v) is 3.67. The summed E-state index contributed by atoms with van der Waals surface area (Å²) >= 11 is 0. The third kappa shape index (κ3) is 13.4. The minimum atomic E-state index is 0. The Bertz CT molecular complexity index is 411. The summed E-state index contributed by atoms with van der Waals surface area (Å²) in [5, 5.41) is 6.47. The van der Waals surface area contributed by atoms with Crippen molar-refractivity contribution in [3.8, 4) is 0 Å². The van der Waals surface area contributed by atoms with Gasteiger partial charge in [0.15, 0.2) is 5.96 Å². The summed E-state index contributed by atoms with van der Waals surface area (Å²) < 4.78 is 0. The van der Waals surface area contributed by atoms with Crippen molar-refractivity contribution >= 4 is 35.8 Å². The van der Waals surface area contributed by atoms with Crippen LogP contribution in [0.5, 0.6) is 0 Å². The molecule has 24 heavy (non-hydrogen) atoms. The fourth-order valence-corrected chi connectivity index (χ4v) is 2.30. The SMILES string of the molecule is CCCCCCCCN=C(N)NCCCCNc1ccccn1.I. The second-order valence-corrected chi connectivity index (χ2v) is 5.81. The summed E-state index contributed by atoms with van der Waals surface area (Å²) in [5.41, 5.74) is 5.86. The lowest BCUT2D eigenvalue weighted by Crippen LogP contribution is -2.32. The average Bonchev–Trinajstić information content (AvgIpc) is 2.58. The van der Waals surface area contributed by atoms with Crippen LogP contribution < -0.4 is 16.4 Å². The van der Waals surface area contributed by atoms with Gasteiger partial charge in [-0.3, -0.25) is 4.99 Å². The van der Waals surface area contributed by atoms with Gasteiger partial charge in [0.25, 0.3) is 0 Å². The first-order chi connectivity index (χ1) is 11.3. The molecule has 0 aliphatic carbocycles. The van der Waals surface area contributed by atoms with E-state index in [-0.39, 0.29) is 24.0 Å². The highest BCUT2D eigenvalue weighted by atomic mass is 127. The van der Waals surface area contributed by atoms with Crippen molar-refractivity contribution in [3.05, 3.63) is 24.4 Å². The number of halogens is 1. The normalized spacial score (nSPS) is 11.0. The van der Waals surface area contributed by atoms with E-state index in [1.807, 2.05) is 18.2 Å². The monoisotopic (exact) mass is 447 g/mol. The lowest BCUT2D eigenvalue weighted by Gasteiger charge is -2.07. The van der Waals surface area contributed by atoms with Crippen LogP contribution in [0, 0.1) is 0 Å². The van der Waals surface area contributed by atoms with E-state index in [1.165, 1.54) is 32.1 Å². The number of guanidine groups is 1. The zero-order valence-corrected chi connectivity index (χ0v) is 17.3. The minimum absolute atomic E-state index is 0. The molecule has 0 unspecified atom stereocenters. The number of nitrogens with one attached hydrogen (secondary N) is 2. The van der Waals surface area contributed by atoms with Crippen LogP contribution in [0.4, 0.5) is 5.82 Å². The molecule has 0 radical (unpaired) electrons. The van der Waals surface area contributed by atoms with Crippen molar-refractivity contribution in [1.29, 1.82) is 0 Å². The summed E-state index contributed by atoms with van der Waals surface area (Å²) in [6, 6.07) is 5.88. The van der Waals surface area contributed by atoms with Crippen LogP contribution in [-0.2, 0) is 0 Å². The van der Waals surface area contributed by atoms with Crippen LogP contribution in [0.3, 0.4) is 0 Å². The van der Waals surface area contributed by atoms with Gasteiger partial charge in [0.1, 0.15) is 5.82 Å². The predicted octanol–water partition coefficient (Wildman–Crippen LogP) is 4.16. The maximum atomic E-state index is 5.86. The van der Waals surface area contributed by atoms with Crippen LogP contribution in [0.1, 0.15) is 58.3 Å². The van der Waals surface area contributed by atoms with Gasteiger partial charge < -0.3 is 16.4 Å². The second-order valence-electron chi connectivity index (χ2n) is 5.81. The molecule has 1 rings (SSSR count). The van der Waals surface area contributed by atoms with Gasteiger partial charge in [-0.05, 0) is 31.4 Å². The molecule has 138 valence electrons. The van der Waals surface area contributed by atoms with E-state index >= 15 is 0 Å². The molecule has 0 saturated carbocycles. The van der Waals surface area contributed by atoms with Crippen molar-refractivity contribution in [2.45, 2.75) is 58.3 Å². The molecule has 5 nitrogen and oxygen atoms in total. The van der Waals surface area contributed by atoms with Crippen LogP contribution in [0.15, 0.2) is 29.4 Å². The Morgan fingerprint density at radius 1 is 1.04 bits per heavy atom. The molecule has 1 aromatic rings. The predicted molar refractivity (Wildman–Crippen MR) is 115 cm³/mol. The molecular formula is C18H34IN5. The average molecular weight is 447 g/mol. The highest BCUT2D eigenvalue weighted by Gasteiger charge is 1.94. The number of nitrogens with two attached hydrogens (primary N) is 1. The topological polar surface area (TPSA) is 75.3 Å². The number of unbranched alkanes of at least 4 members (excludes halogenated alkanes) is 6. The minimum Gasteiger partial charge on any atom is -0.370 e. The van der Waals surface area contributed by atoms with Gasteiger partial charge in [-0.1, -0.05) is 45.1 Å². The number of nitrogens with zero attached hydrogens (tertiary/aromatic N) is 2. The fourth-order valence-electron chi connectivity index (χ4n) is 2.30. The number of aromatic nitrogens is 1. The Kier molecular flexibility index (Phi) is 16.1. The molecule has 0 amide bonds. The molecule has 0 fully saturated rings. The molecular weight excluding hydrogens is 413 g/mol. The molecule has 1 heterocycles. The van der Waals surface area contributed by atoms with Crippen LogP contribution in [-0.4, -0.2) is 30.6 Å². The summed E-state index contributed by atoms with van der Waals surface area (Å²) in [6.07, 6.45) is 11.7. The van der Waals surface area contributed by atoms with E-state index < -0.39 is 0 Å². The number of hydrogen-bond acceptors (Lipinski definition) is 3. The standard InChI is InChI=1S/C18H33N5.HI/c1-2-3-4-5-6-8-15-22-18(19)23-16-11-10-14-21-17-12-7-9-13-20-17;/h7,9,12-13H,2-6,8,10-11,14-16H2,1H3,(H,20,21)(H3,19,22,23);1H. The summed E-state index contributed by atoms with van der Waals surface area (Å²) in [7, 11) is 0. The zero-order chi connectivity index (χ0) is 16.6. The Morgan fingerprint density at radius 3 is 2.54 bits per heavy atom. The van der Waals surface area contributed by atoms with Crippen molar-refractivity contribution in [1.82, 2.24) is 10.3 Å². The van der Waals surface area contributed by atoms with Crippen molar-refractivity contribution < 1.29 is 0 Å². The van der Waals surface area contributed by atoms with E-state index in [0.29, 0.717) is 5.96 Å². The van der Waals surface area contributed by atoms with E-state index in [4.69, 9.17) is 5.73 Å². The maximum absolute atomic E-state index is 5.86. The van der Waals surface area contributed by atoms with E-state index in [1.54, 1.807) is 6.20 Å². The molecule has 0 aliphatic rings. The number of aliphatic imine (C=N–C) groups is 1. The van der Waals surface area contributed by atoms with Crippen molar-refractivity contribution in [2.24, 2.45) is 10.7 Å². The van der Waals surface area contributed by atoms with E-state index in [2.05, 4.69) is 27.5 Å². The largest absolute Gasteiger partial charge is 0.370 e. The molecule has 0 bridgehead atoms. The lowest BCUT2D eigenvalue weighted by atomic mass is 10.1. The Balaban J connectivity index is 0.00000529. The molecule has 6 heteroatoms. The number of hydrogen-bond donors (Lipinski definition) is 3. The molecule has 0 aliphatic heterocycles. The molecule has 1 aromatic heterocycles. The Morgan fingerprint density at radius 2 is 1.79 bits per heavy atom. The molecule has 0 spiro atoms. The Hall–Kier alpha value is -1.05. The van der Waals surface area contributed by atoms with Crippen LogP contribution >= 0.6 is 24.0 Å². The summed E-state index contributed by atoms with van der Waals surface area (Å²) in [6.45, 7) is 4.88. The number of pyridine rings is 1. The summed E-state index contributed by atoms with van der Waals surface area (Å²) in [4.78, 5) is 8.59. The van der Waals surface area contributed by atoms with Gasteiger partial charge in [-0.25, -0.2) is 4.98 Å². The van der Waals surface area contributed by atoms with Gasteiger partial charge in [-0.15, -0.1) is 24.0 Å². The van der Waals surface area contributed by atoms with Crippen LogP contribution in [0.25, 0.3) is 0 Å². The zero-order valence-electron chi connectivity index (χ0n) is 15.0. The highest BCUT2D eigenvalue weighted by molar-refractivity contribution is 14.0. The van der Waals surface area contributed by atoms with Crippen molar-refractivity contribution in [2.75, 3.05) is 25.0 Å². The molecule has 4 N–H and O–H groups in total.